The maximum Gasteiger partial charge on any atom is 0.416 e. The molecule has 0 aliphatic heterocycles. The van der Waals surface area contributed by atoms with Crippen molar-refractivity contribution >= 4 is 23.0 Å². The summed E-state index contributed by atoms with van der Waals surface area (Å²) in [4.78, 5) is 3.77. The Morgan fingerprint density at radius 1 is 1.20 bits per heavy atom. The van der Waals surface area contributed by atoms with Gasteiger partial charge in [-0.15, -0.1) is 0 Å². The number of rotatable bonds is 3. The van der Waals surface area contributed by atoms with E-state index in [4.69, 9.17) is 17.3 Å². The molecule has 0 radical (unpaired) electrons. The highest BCUT2D eigenvalue weighted by Gasteiger charge is 2.32. The van der Waals surface area contributed by atoms with Crippen molar-refractivity contribution in [3.63, 3.8) is 0 Å². The lowest BCUT2D eigenvalue weighted by molar-refractivity contribution is -0.138. The molecule has 3 nitrogen and oxygen atoms in total. The van der Waals surface area contributed by atoms with E-state index in [9.17, 15) is 13.2 Å². The van der Waals surface area contributed by atoms with Crippen molar-refractivity contribution in [3.8, 4) is 0 Å². The smallest absolute Gasteiger partial charge is 0.395 e. The topological polar surface area (TPSA) is 50.9 Å². The van der Waals surface area contributed by atoms with Crippen molar-refractivity contribution in [2.24, 2.45) is 0 Å². The van der Waals surface area contributed by atoms with E-state index in [1.165, 1.54) is 18.3 Å². The summed E-state index contributed by atoms with van der Waals surface area (Å²) in [5.74, 6) is 0. The Bertz CT molecular complexity index is 614. The fraction of sp³-hybridized carbons (Fsp3) is 0.154. The van der Waals surface area contributed by atoms with Gasteiger partial charge in [0, 0.05) is 12.7 Å². The maximum absolute atomic E-state index is 12.8. The van der Waals surface area contributed by atoms with E-state index < -0.39 is 11.7 Å². The number of benzene rings is 1. The van der Waals surface area contributed by atoms with Crippen LogP contribution in [0.3, 0.4) is 0 Å². The standard InChI is InChI=1S/C13H11ClF3N3/c14-12-11(18)10(5-6-19-12)20-7-8-3-1-2-4-9(8)13(15,16)17/h1-6H,7,18H2,(H,19,20). The second-order valence-corrected chi connectivity index (χ2v) is 4.43. The Labute approximate surface area is 118 Å². The van der Waals surface area contributed by atoms with Gasteiger partial charge in [-0.3, -0.25) is 0 Å². The van der Waals surface area contributed by atoms with Crippen LogP contribution in [0.4, 0.5) is 24.5 Å². The zero-order valence-electron chi connectivity index (χ0n) is 10.2. The molecule has 2 rings (SSSR count). The summed E-state index contributed by atoms with van der Waals surface area (Å²) in [6, 6.07) is 6.91. The van der Waals surface area contributed by atoms with Gasteiger partial charge in [0.05, 0.1) is 16.9 Å². The van der Waals surface area contributed by atoms with E-state index in [0.717, 1.165) is 6.07 Å². The second-order valence-electron chi connectivity index (χ2n) is 4.07. The van der Waals surface area contributed by atoms with E-state index in [1.807, 2.05) is 0 Å². The SMILES string of the molecule is Nc1c(NCc2ccccc2C(F)(F)F)ccnc1Cl. The van der Waals surface area contributed by atoms with Crippen molar-refractivity contribution in [2.75, 3.05) is 11.1 Å². The molecule has 0 amide bonds. The normalized spacial score (nSPS) is 11.4. The second kappa shape index (κ2) is 5.58. The monoisotopic (exact) mass is 301 g/mol. The minimum absolute atomic E-state index is 0.0137. The Kier molecular flexibility index (Phi) is 4.04. The van der Waals surface area contributed by atoms with Gasteiger partial charge in [-0.25, -0.2) is 4.98 Å². The van der Waals surface area contributed by atoms with Crippen molar-refractivity contribution in [3.05, 3.63) is 52.8 Å². The van der Waals surface area contributed by atoms with Gasteiger partial charge >= 0.3 is 6.18 Å². The number of nitrogens with two attached hydrogens (primary N) is 1. The average molecular weight is 302 g/mol. The third-order valence-electron chi connectivity index (χ3n) is 2.73. The Hall–Kier alpha value is -1.95. The number of nitrogens with zero attached hydrogens (tertiary/aromatic N) is 1. The molecule has 0 spiro atoms. The molecule has 3 N–H and O–H groups in total. The van der Waals surface area contributed by atoms with Gasteiger partial charge < -0.3 is 11.1 Å². The van der Waals surface area contributed by atoms with Crippen LogP contribution in [0.5, 0.6) is 0 Å². The predicted octanol–water partition coefficient (Wildman–Crippen LogP) is 3.95. The van der Waals surface area contributed by atoms with Crippen molar-refractivity contribution in [2.45, 2.75) is 12.7 Å². The number of nitrogens with one attached hydrogen (secondary N) is 1. The van der Waals surface area contributed by atoms with Gasteiger partial charge in [0.15, 0.2) is 5.15 Å². The molecular weight excluding hydrogens is 291 g/mol. The molecule has 0 bridgehead atoms. The Morgan fingerprint density at radius 2 is 1.90 bits per heavy atom. The molecule has 0 saturated carbocycles. The number of alkyl halides is 3. The van der Waals surface area contributed by atoms with Crippen molar-refractivity contribution in [1.82, 2.24) is 4.98 Å². The number of aromatic nitrogens is 1. The number of nitrogen functional groups attached to an aromatic ring is 1. The maximum atomic E-state index is 12.8. The van der Waals surface area contributed by atoms with Crippen LogP contribution < -0.4 is 11.1 Å². The number of hydrogen-bond acceptors (Lipinski definition) is 3. The van der Waals surface area contributed by atoms with Gasteiger partial charge in [0.1, 0.15) is 0 Å². The van der Waals surface area contributed by atoms with Crippen LogP contribution in [0.1, 0.15) is 11.1 Å². The molecule has 2 aromatic rings. The van der Waals surface area contributed by atoms with Gasteiger partial charge in [-0.1, -0.05) is 29.8 Å². The van der Waals surface area contributed by atoms with Crippen LogP contribution in [-0.2, 0) is 12.7 Å². The summed E-state index contributed by atoms with van der Waals surface area (Å²) >= 11 is 5.74. The zero-order valence-corrected chi connectivity index (χ0v) is 11.0. The van der Waals surface area contributed by atoms with E-state index in [-0.39, 0.29) is 22.9 Å². The average Bonchev–Trinajstić information content (AvgIpc) is 2.40. The number of anilines is 2. The summed E-state index contributed by atoms with van der Waals surface area (Å²) in [5, 5.41) is 2.94. The highest BCUT2D eigenvalue weighted by molar-refractivity contribution is 6.32. The van der Waals surface area contributed by atoms with Crippen LogP contribution in [0, 0.1) is 0 Å². The van der Waals surface area contributed by atoms with Crippen molar-refractivity contribution in [1.29, 1.82) is 0 Å². The lowest BCUT2D eigenvalue weighted by Crippen LogP contribution is -2.12. The van der Waals surface area contributed by atoms with Crippen LogP contribution in [0.15, 0.2) is 36.5 Å². The lowest BCUT2D eigenvalue weighted by atomic mass is 10.1. The summed E-state index contributed by atoms with van der Waals surface area (Å²) in [6.45, 7) is -0.0137. The fourth-order valence-electron chi connectivity index (χ4n) is 1.74. The molecule has 106 valence electrons. The molecule has 0 fully saturated rings. The molecule has 20 heavy (non-hydrogen) atoms. The predicted molar refractivity (Wildman–Crippen MR) is 72.4 cm³/mol. The Balaban J connectivity index is 2.22. The first-order chi connectivity index (χ1) is 9.39. The largest absolute Gasteiger partial charge is 0.416 e. The summed E-state index contributed by atoms with van der Waals surface area (Å²) in [6.07, 6.45) is -2.96. The van der Waals surface area contributed by atoms with Gasteiger partial charge in [0.2, 0.25) is 0 Å². The molecular formula is C13H11ClF3N3. The quantitative estimate of drug-likeness (QED) is 0.844. The number of pyridine rings is 1. The molecule has 1 aromatic heterocycles. The minimum Gasteiger partial charge on any atom is -0.395 e. The van der Waals surface area contributed by atoms with Crippen LogP contribution in [0.2, 0.25) is 5.15 Å². The first kappa shape index (κ1) is 14.5. The van der Waals surface area contributed by atoms with Gasteiger partial charge in [-0.2, -0.15) is 13.2 Å². The van der Waals surface area contributed by atoms with E-state index in [1.54, 1.807) is 12.1 Å². The number of halogens is 4. The third kappa shape index (κ3) is 3.14. The number of hydrogen-bond donors (Lipinski definition) is 2. The fourth-order valence-corrected chi connectivity index (χ4v) is 1.90. The van der Waals surface area contributed by atoms with Crippen LogP contribution in [0.25, 0.3) is 0 Å². The highest BCUT2D eigenvalue weighted by Crippen LogP contribution is 2.32. The molecule has 0 saturated heterocycles. The van der Waals surface area contributed by atoms with Crippen molar-refractivity contribution < 1.29 is 13.2 Å². The van der Waals surface area contributed by atoms with E-state index >= 15 is 0 Å². The summed E-state index contributed by atoms with van der Waals surface area (Å²) in [5.41, 5.74) is 5.80. The Morgan fingerprint density at radius 3 is 2.60 bits per heavy atom. The molecule has 7 heteroatoms. The zero-order chi connectivity index (χ0) is 14.8. The summed E-state index contributed by atoms with van der Waals surface area (Å²) < 4.78 is 38.5. The lowest BCUT2D eigenvalue weighted by Gasteiger charge is -2.14. The molecule has 0 atom stereocenters. The van der Waals surface area contributed by atoms with Crippen LogP contribution >= 0.6 is 11.6 Å². The molecule has 1 heterocycles. The molecule has 0 aliphatic carbocycles. The molecule has 1 aromatic carbocycles. The third-order valence-corrected chi connectivity index (χ3v) is 3.03. The van der Waals surface area contributed by atoms with Crippen LogP contribution in [-0.4, -0.2) is 4.98 Å². The van der Waals surface area contributed by atoms with E-state index in [0.29, 0.717) is 5.69 Å². The first-order valence-corrected chi connectivity index (χ1v) is 6.06. The van der Waals surface area contributed by atoms with Gasteiger partial charge in [-0.05, 0) is 17.7 Å². The molecule has 0 aliphatic rings. The molecule has 0 unspecified atom stereocenters. The first-order valence-electron chi connectivity index (χ1n) is 5.68. The minimum atomic E-state index is -4.39. The van der Waals surface area contributed by atoms with E-state index in [2.05, 4.69) is 10.3 Å². The summed E-state index contributed by atoms with van der Waals surface area (Å²) in [7, 11) is 0. The highest BCUT2D eigenvalue weighted by atomic mass is 35.5. The van der Waals surface area contributed by atoms with Gasteiger partial charge in [0.25, 0.3) is 0 Å².